The van der Waals surface area contributed by atoms with Gasteiger partial charge in [-0.2, -0.15) is 0 Å². The van der Waals surface area contributed by atoms with Gasteiger partial charge in [-0.25, -0.2) is 4.98 Å². The Balaban J connectivity index is 1.85. The van der Waals surface area contributed by atoms with Gasteiger partial charge in [0.25, 0.3) is 0 Å². The van der Waals surface area contributed by atoms with E-state index in [1.54, 1.807) is 0 Å². The number of aliphatic hydroxyl groups is 1. The van der Waals surface area contributed by atoms with E-state index in [9.17, 15) is 5.11 Å². The predicted octanol–water partition coefficient (Wildman–Crippen LogP) is 1.91. The summed E-state index contributed by atoms with van der Waals surface area (Å²) in [6.07, 6.45) is 1.59. The first kappa shape index (κ1) is 10.6. The van der Waals surface area contributed by atoms with E-state index in [1.807, 2.05) is 31.2 Å². The molecule has 1 aliphatic heterocycles. The second-order valence-electron chi connectivity index (χ2n) is 5.06. The van der Waals surface area contributed by atoms with Crippen LogP contribution >= 0.6 is 0 Å². The average Bonchev–Trinajstić information content (AvgIpc) is 2.72. The van der Waals surface area contributed by atoms with Crippen molar-refractivity contribution in [3.05, 3.63) is 24.3 Å². The van der Waals surface area contributed by atoms with Crippen LogP contribution in [0.1, 0.15) is 19.8 Å². The molecule has 4 heteroatoms. The van der Waals surface area contributed by atoms with Crippen LogP contribution in [0, 0.1) is 0 Å². The van der Waals surface area contributed by atoms with Crippen molar-refractivity contribution in [1.29, 1.82) is 0 Å². The Kier molecular flexibility index (Phi) is 2.33. The minimum atomic E-state index is -0.511. The van der Waals surface area contributed by atoms with Gasteiger partial charge in [0.15, 0.2) is 0 Å². The highest BCUT2D eigenvalue weighted by atomic mass is 16.3. The predicted molar refractivity (Wildman–Crippen MR) is 68.2 cm³/mol. The summed E-state index contributed by atoms with van der Waals surface area (Å²) in [7, 11) is 0. The summed E-state index contributed by atoms with van der Waals surface area (Å²) in [4.78, 5) is 10.1. The summed E-state index contributed by atoms with van der Waals surface area (Å²) in [5.41, 5.74) is 1.56. The second-order valence-corrected chi connectivity index (χ2v) is 5.06. The van der Waals surface area contributed by atoms with Crippen molar-refractivity contribution < 1.29 is 5.11 Å². The van der Waals surface area contributed by atoms with Gasteiger partial charge in [-0.1, -0.05) is 12.1 Å². The second kappa shape index (κ2) is 3.74. The molecule has 0 radical (unpaired) electrons. The number of H-pyrrole nitrogens is 1. The molecule has 3 rings (SSSR count). The Morgan fingerprint density at radius 2 is 2.00 bits per heavy atom. The maximum atomic E-state index is 9.92. The number of aromatic amines is 1. The Bertz CT molecular complexity index is 489. The molecule has 1 saturated heterocycles. The van der Waals surface area contributed by atoms with Gasteiger partial charge in [0.1, 0.15) is 0 Å². The van der Waals surface area contributed by atoms with Gasteiger partial charge in [-0.05, 0) is 31.9 Å². The quantitative estimate of drug-likeness (QED) is 0.788. The number of piperidine rings is 1. The van der Waals surface area contributed by atoms with Crippen molar-refractivity contribution in [3.8, 4) is 0 Å². The van der Waals surface area contributed by atoms with Crippen molar-refractivity contribution in [1.82, 2.24) is 9.97 Å². The Hall–Kier alpha value is -1.55. The van der Waals surface area contributed by atoms with Gasteiger partial charge in [0.05, 0.1) is 16.6 Å². The number of fused-ring (bicyclic) bond motifs is 1. The third-order valence-corrected chi connectivity index (χ3v) is 3.52. The highest BCUT2D eigenvalue weighted by molar-refractivity contribution is 5.77. The number of nitrogens with zero attached hydrogens (tertiary/aromatic N) is 2. The van der Waals surface area contributed by atoms with Crippen molar-refractivity contribution in [3.63, 3.8) is 0 Å². The molecule has 2 aromatic rings. The first-order valence-corrected chi connectivity index (χ1v) is 6.06. The molecular weight excluding hydrogens is 214 g/mol. The number of hydrogen-bond donors (Lipinski definition) is 2. The molecule has 0 amide bonds. The number of hydrogen-bond acceptors (Lipinski definition) is 3. The molecule has 0 spiro atoms. The molecule has 1 aromatic carbocycles. The number of aromatic nitrogens is 2. The smallest absolute Gasteiger partial charge is 0.203 e. The fraction of sp³-hybridized carbons (Fsp3) is 0.462. The van der Waals surface area contributed by atoms with E-state index < -0.39 is 5.60 Å². The third kappa shape index (κ3) is 2.00. The minimum absolute atomic E-state index is 0.511. The average molecular weight is 231 g/mol. The van der Waals surface area contributed by atoms with Crippen LogP contribution in [-0.2, 0) is 0 Å². The SMILES string of the molecule is CC1(O)CCN(c2nc3ccccc3[nH]2)CC1. The number of rotatable bonds is 1. The van der Waals surface area contributed by atoms with Gasteiger partial charge in [0, 0.05) is 13.1 Å². The molecule has 0 unspecified atom stereocenters. The number of anilines is 1. The monoisotopic (exact) mass is 231 g/mol. The van der Waals surface area contributed by atoms with Crippen molar-refractivity contribution in [2.45, 2.75) is 25.4 Å². The summed E-state index contributed by atoms with van der Waals surface area (Å²) in [5.74, 6) is 0.918. The number of imidazole rings is 1. The Labute approximate surface area is 100 Å². The molecule has 0 saturated carbocycles. The molecule has 2 heterocycles. The van der Waals surface area contributed by atoms with E-state index in [1.165, 1.54) is 0 Å². The van der Waals surface area contributed by atoms with Crippen LogP contribution in [0.4, 0.5) is 5.95 Å². The summed E-state index contributed by atoms with van der Waals surface area (Å²) in [6, 6.07) is 8.04. The normalized spacial score (nSPS) is 19.8. The lowest BCUT2D eigenvalue weighted by Gasteiger charge is -2.35. The first-order valence-electron chi connectivity index (χ1n) is 6.06. The molecule has 90 valence electrons. The van der Waals surface area contributed by atoms with Crippen molar-refractivity contribution in [2.24, 2.45) is 0 Å². The molecule has 1 fully saturated rings. The summed E-state index contributed by atoms with van der Waals surface area (Å²) in [6.45, 7) is 3.61. The topological polar surface area (TPSA) is 52.1 Å². The van der Waals surface area contributed by atoms with Gasteiger partial charge in [0.2, 0.25) is 5.95 Å². The lowest BCUT2D eigenvalue weighted by Crippen LogP contribution is -2.42. The summed E-state index contributed by atoms with van der Waals surface area (Å²) < 4.78 is 0. The lowest BCUT2D eigenvalue weighted by molar-refractivity contribution is 0.0349. The van der Waals surface area contributed by atoms with Crippen LogP contribution in [0.25, 0.3) is 11.0 Å². The molecule has 0 bridgehead atoms. The third-order valence-electron chi connectivity index (χ3n) is 3.52. The van der Waals surface area contributed by atoms with Gasteiger partial charge in [-0.15, -0.1) is 0 Å². The number of benzene rings is 1. The van der Waals surface area contributed by atoms with Gasteiger partial charge >= 0.3 is 0 Å². The van der Waals surface area contributed by atoms with Crippen LogP contribution < -0.4 is 4.90 Å². The molecule has 0 aliphatic carbocycles. The maximum absolute atomic E-state index is 9.92. The number of nitrogens with one attached hydrogen (secondary N) is 1. The van der Waals surface area contributed by atoms with E-state index in [4.69, 9.17) is 0 Å². The summed E-state index contributed by atoms with van der Waals surface area (Å²) in [5, 5.41) is 9.92. The van der Waals surface area contributed by atoms with Crippen molar-refractivity contribution >= 4 is 17.0 Å². The molecule has 17 heavy (non-hydrogen) atoms. The highest BCUT2D eigenvalue weighted by Crippen LogP contribution is 2.25. The Morgan fingerprint density at radius 1 is 1.29 bits per heavy atom. The van der Waals surface area contributed by atoms with E-state index in [2.05, 4.69) is 14.9 Å². The first-order chi connectivity index (χ1) is 8.14. The Morgan fingerprint density at radius 3 is 2.71 bits per heavy atom. The van der Waals surface area contributed by atoms with E-state index in [0.29, 0.717) is 0 Å². The molecule has 0 atom stereocenters. The van der Waals surface area contributed by atoms with E-state index >= 15 is 0 Å². The zero-order valence-electron chi connectivity index (χ0n) is 9.98. The van der Waals surface area contributed by atoms with Crippen LogP contribution in [-0.4, -0.2) is 33.8 Å². The fourth-order valence-corrected chi connectivity index (χ4v) is 2.29. The van der Waals surface area contributed by atoms with Crippen LogP contribution in [0.5, 0.6) is 0 Å². The van der Waals surface area contributed by atoms with Crippen LogP contribution in [0.2, 0.25) is 0 Å². The fourth-order valence-electron chi connectivity index (χ4n) is 2.29. The highest BCUT2D eigenvalue weighted by Gasteiger charge is 2.28. The largest absolute Gasteiger partial charge is 0.390 e. The van der Waals surface area contributed by atoms with Gasteiger partial charge < -0.3 is 15.0 Å². The van der Waals surface area contributed by atoms with E-state index in [0.717, 1.165) is 42.9 Å². The molecule has 2 N–H and O–H groups in total. The maximum Gasteiger partial charge on any atom is 0.203 e. The molecule has 1 aliphatic rings. The number of para-hydroxylation sites is 2. The standard InChI is InChI=1S/C13H17N3O/c1-13(17)6-8-16(9-7-13)12-14-10-4-2-3-5-11(10)15-12/h2-5,17H,6-9H2,1H3,(H,14,15). The van der Waals surface area contributed by atoms with Crippen molar-refractivity contribution in [2.75, 3.05) is 18.0 Å². The van der Waals surface area contributed by atoms with Crippen LogP contribution in [0.15, 0.2) is 24.3 Å². The molecule has 4 nitrogen and oxygen atoms in total. The summed E-state index contributed by atoms with van der Waals surface area (Å²) >= 11 is 0. The van der Waals surface area contributed by atoms with Crippen LogP contribution in [0.3, 0.4) is 0 Å². The van der Waals surface area contributed by atoms with E-state index in [-0.39, 0.29) is 0 Å². The molecule has 1 aromatic heterocycles. The molecular formula is C13H17N3O. The zero-order valence-corrected chi connectivity index (χ0v) is 9.98. The van der Waals surface area contributed by atoms with Gasteiger partial charge in [-0.3, -0.25) is 0 Å². The minimum Gasteiger partial charge on any atom is -0.390 e. The lowest BCUT2D eigenvalue weighted by atomic mass is 9.94. The zero-order chi connectivity index (χ0) is 11.9.